The highest BCUT2D eigenvalue weighted by atomic mass is 16.5. The Morgan fingerprint density at radius 1 is 1.06 bits per heavy atom. The van der Waals surface area contributed by atoms with Gasteiger partial charge >= 0.3 is 12.1 Å². The molecule has 0 atom stereocenters. The maximum absolute atomic E-state index is 12.4. The number of carboxylic acids is 1. The number of alkyl carbamates (subject to hydrolysis) is 1. The molecule has 3 N–H and O–H groups in total. The molecular weight excluding hydrogens is 426 g/mol. The minimum atomic E-state index is -1.48. The molecule has 0 saturated carbocycles. The van der Waals surface area contributed by atoms with E-state index in [9.17, 15) is 19.5 Å². The van der Waals surface area contributed by atoms with Crippen LogP contribution in [0.5, 0.6) is 0 Å². The van der Waals surface area contributed by atoms with Gasteiger partial charge in [-0.15, -0.1) is 0 Å². The third-order valence-electron chi connectivity index (χ3n) is 5.59. The van der Waals surface area contributed by atoms with Crippen molar-refractivity contribution in [2.45, 2.75) is 31.8 Å². The summed E-state index contributed by atoms with van der Waals surface area (Å²) in [5.41, 5.74) is 3.16. The van der Waals surface area contributed by atoms with Crippen molar-refractivity contribution in [1.29, 1.82) is 0 Å². The van der Waals surface area contributed by atoms with E-state index in [2.05, 4.69) is 27.9 Å². The van der Waals surface area contributed by atoms with Crippen LogP contribution in [-0.2, 0) is 16.1 Å². The first kappa shape index (κ1) is 22.1. The van der Waals surface area contributed by atoms with Gasteiger partial charge in [0.2, 0.25) is 0 Å². The van der Waals surface area contributed by atoms with Crippen LogP contribution >= 0.6 is 0 Å². The molecule has 4 rings (SSSR count). The van der Waals surface area contributed by atoms with Crippen molar-refractivity contribution in [3.8, 4) is 11.1 Å². The Morgan fingerprint density at radius 3 is 2.27 bits per heavy atom. The monoisotopic (exact) mass is 449 g/mol. The molecule has 1 heterocycles. The number of ether oxygens (including phenoxy) is 1. The number of aromatic nitrogens is 1. The fraction of sp³-hybridized carbons (Fsp3) is 0.250. The molecular formula is C24H23N3O6. The lowest BCUT2D eigenvalue weighted by Crippen LogP contribution is -2.49. The highest BCUT2D eigenvalue weighted by Crippen LogP contribution is 2.44. The first-order chi connectivity index (χ1) is 15.8. The molecule has 170 valence electrons. The van der Waals surface area contributed by atoms with Gasteiger partial charge in [-0.2, -0.15) is 0 Å². The first-order valence-electron chi connectivity index (χ1n) is 10.4. The number of amides is 2. The molecule has 1 aliphatic rings. The van der Waals surface area contributed by atoms with E-state index < -0.39 is 23.5 Å². The molecule has 0 fully saturated rings. The van der Waals surface area contributed by atoms with E-state index >= 15 is 0 Å². The van der Waals surface area contributed by atoms with Crippen LogP contribution in [0.15, 0.2) is 59.3 Å². The molecule has 2 aromatic carbocycles. The summed E-state index contributed by atoms with van der Waals surface area (Å²) in [4.78, 5) is 36.0. The van der Waals surface area contributed by atoms with Crippen molar-refractivity contribution < 1.29 is 28.8 Å². The predicted molar refractivity (Wildman–Crippen MR) is 118 cm³/mol. The Hall–Kier alpha value is -4.14. The molecule has 0 saturated heterocycles. The quantitative estimate of drug-likeness (QED) is 0.504. The molecule has 3 aromatic rings. The van der Waals surface area contributed by atoms with Gasteiger partial charge in [-0.1, -0.05) is 53.7 Å². The number of nitrogens with zero attached hydrogens (tertiary/aromatic N) is 1. The Bertz CT molecular complexity index is 1170. The van der Waals surface area contributed by atoms with Crippen molar-refractivity contribution in [1.82, 2.24) is 15.8 Å². The van der Waals surface area contributed by atoms with Crippen LogP contribution in [0.1, 0.15) is 46.9 Å². The third kappa shape index (κ3) is 4.43. The predicted octanol–water partition coefficient (Wildman–Crippen LogP) is 3.31. The molecule has 1 aliphatic carbocycles. The summed E-state index contributed by atoms with van der Waals surface area (Å²) in [6.45, 7) is 2.74. The summed E-state index contributed by atoms with van der Waals surface area (Å²) in [6, 6.07) is 16.0. The molecule has 33 heavy (non-hydrogen) atoms. The average molecular weight is 449 g/mol. The van der Waals surface area contributed by atoms with Crippen molar-refractivity contribution in [2.24, 2.45) is 0 Å². The zero-order valence-electron chi connectivity index (χ0n) is 18.1. The lowest BCUT2D eigenvalue weighted by atomic mass is 9.98. The van der Waals surface area contributed by atoms with E-state index in [1.807, 2.05) is 36.4 Å². The van der Waals surface area contributed by atoms with Gasteiger partial charge < -0.3 is 25.0 Å². The first-order valence-corrected chi connectivity index (χ1v) is 10.4. The number of carbonyl (C=O) groups excluding carboxylic acids is 2. The van der Waals surface area contributed by atoms with E-state index in [1.165, 1.54) is 13.8 Å². The van der Waals surface area contributed by atoms with Gasteiger partial charge in [-0.05, 0) is 36.1 Å². The van der Waals surface area contributed by atoms with Gasteiger partial charge in [-0.3, -0.25) is 4.79 Å². The number of rotatable bonds is 7. The summed E-state index contributed by atoms with van der Waals surface area (Å²) >= 11 is 0. The fourth-order valence-corrected chi connectivity index (χ4v) is 3.78. The summed E-state index contributed by atoms with van der Waals surface area (Å²) in [7, 11) is 0. The minimum Gasteiger partial charge on any atom is -0.480 e. The van der Waals surface area contributed by atoms with Crippen molar-refractivity contribution in [2.75, 3.05) is 6.61 Å². The van der Waals surface area contributed by atoms with Gasteiger partial charge in [0.1, 0.15) is 29.7 Å². The number of benzene rings is 2. The second kappa shape index (κ2) is 8.78. The standard InChI is InChI=1S/C24H23N3O6/c1-24(2,22(29)30)26-21(28)19-13-33-27-20(19)11-25-23(31)32-12-18-16-9-5-3-7-14(16)15-8-4-6-10-17(15)18/h3-10,13,18H,11-12H2,1-2H3,(H,25,31)(H,26,28)(H,29,30). The van der Waals surface area contributed by atoms with E-state index in [0.717, 1.165) is 28.5 Å². The van der Waals surface area contributed by atoms with Crippen molar-refractivity contribution >= 4 is 18.0 Å². The molecule has 0 spiro atoms. The zero-order chi connectivity index (χ0) is 23.6. The van der Waals surface area contributed by atoms with Crippen LogP contribution in [0.25, 0.3) is 11.1 Å². The molecule has 0 unspecified atom stereocenters. The van der Waals surface area contributed by atoms with E-state index in [4.69, 9.17) is 9.26 Å². The summed E-state index contributed by atoms with van der Waals surface area (Å²) in [6.07, 6.45) is 0.430. The number of aliphatic carboxylic acids is 1. The van der Waals surface area contributed by atoms with Gasteiger partial charge in [0.05, 0.1) is 6.54 Å². The lowest BCUT2D eigenvalue weighted by Gasteiger charge is -2.20. The normalized spacial score (nSPS) is 12.5. The smallest absolute Gasteiger partial charge is 0.407 e. The molecule has 0 aliphatic heterocycles. The van der Waals surface area contributed by atoms with Gasteiger partial charge in [-0.25, -0.2) is 9.59 Å². The van der Waals surface area contributed by atoms with E-state index in [0.29, 0.717) is 0 Å². The number of hydrogen-bond donors (Lipinski definition) is 3. The molecule has 1 aromatic heterocycles. The van der Waals surface area contributed by atoms with Crippen LogP contribution < -0.4 is 10.6 Å². The van der Waals surface area contributed by atoms with Gasteiger partial charge in [0, 0.05) is 5.92 Å². The molecule has 2 amide bonds. The number of carboxylic acid groups (broad SMARTS) is 1. The second-order valence-corrected chi connectivity index (χ2v) is 8.24. The zero-order valence-corrected chi connectivity index (χ0v) is 18.1. The Kier molecular flexibility index (Phi) is 5.87. The summed E-state index contributed by atoms with van der Waals surface area (Å²) < 4.78 is 10.3. The van der Waals surface area contributed by atoms with Gasteiger partial charge in [0.25, 0.3) is 5.91 Å². The number of fused-ring (bicyclic) bond motifs is 3. The maximum atomic E-state index is 12.4. The van der Waals surface area contributed by atoms with Crippen molar-refractivity contribution in [3.63, 3.8) is 0 Å². The van der Waals surface area contributed by atoms with Crippen LogP contribution in [0.2, 0.25) is 0 Å². The van der Waals surface area contributed by atoms with Crippen LogP contribution in [0.4, 0.5) is 4.79 Å². The topological polar surface area (TPSA) is 131 Å². The largest absolute Gasteiger partial charge is 0.480 e. The Balaban J connectivity index is 1.37. The van der Waals surface area contributed by atoms with E-state index in [1.54, 1.807) is 0 Å². The number of carbonyl (C=O) groups is 3. The molecule has 9 heteroatoms. The van der Waals surface area contributed by atoms with Gasteiger partial charge in [0.15, 0.2) is 0 Å². The van der Waals surface area contributed by atoms with Crippen LogP contribution in [0, 0.1) is 0 Å². The fourth-order valence-electron chi connectivity index (χ4n) is 3.78. The summed E-state index contributed by atoms with van der Waals surface area (Å²) in [5, 5.41) is 17.8. The molecule has 0 radical (unpaired) electrons. The Labute approximate surface area is 189 Å². The Morgan fingerprint density at radius 2 is 1.67 bits per heavy atom. The number of nitrogens with one attached hydrogen (secondary N) is 2. The van der Waals surface area contributed by atoms with Crippen molar-refractivity contribution in [3.05, 3.63) is 77.2 Å². The van der Waals surface area contributed by atoms with Crippen LogP contribution in [-0.4, -0.2) is 40.4 Å². The van der Waals surface area contributed by atoms with E-state index in [-0.39, 0.29) is 30.3 Å². The minimum absolute atomic E-state index is 0.0308. The SMILES string of the molecule is CC(C)(NC(=O)c1conc1CNC(=O)OCC1c2ccccc2-c2ccccc21)C(=O)O. The second-order valence-electron chi connectivity index (χ2n) is 8.24. The van der Waals surface area contributed by atoms with Crippen LogP contribution in [0.3, 0.4) is 0 Å². The highest BCUT2D eigenvalue weighted by molar-refractivity contribution is 5.98. The lowest BCUT2D eigenvalue weighted by molar-refractivity contribution is -0.143. The number of hydrogen-bond acceptors (Lipinski definition) is 6. The average Bonchev–Trinajstić information content (AvgIpc) is 3.39. The maximum Gasteiger partial charge on any atom is 0.407 e. The summed E-state index contributed by atoms with van der Waals surface area (Å²) in [5.74, 6) is -1.94. The molecule has 9 nitrogen and oxygen atoms in total. The third-order valence-corrected chi connectivity index (χ3v) is 5.59. The highest BCUT2D eigenvalue weighted by Gasteiger charge is 2.31. The molecule has 0 bridgehead atoms.